The summed E-state index contributed by atoms with van der Waals surface area (Å²) >= 11 is 0. The van der Waals surface area contributed by atoms with Crippen LogP contribution in [0.5, 0.6) is 0 Å². The topological polar surface area (TPSA) is 57.4 Å². The first-order valence-corrected chi connectivity index (χ1v) is 7.85. The third-order valence-electron chi connectivity index (χ3n) is 4.04. The molecule has 0 fully saturated rings. The molecular weight excluding hydrogens is 344 g/mol. The summed E-state index contributed by atoms with van der Waals surface area (Å²) in [4.78, 5) is 16.0. The van der Waals surface area contributed by atoms with E-state index < -0.39 is 0 Å². The smallest absolute Gasteiger partial charge is 0.0658 e. The molecule has 0 aromatic carbocycles. The van der Waals surface area contributed by atoms with Gasteiger partial charge < -0.3 is 9.97 Å². The molecule has 2 N–H and O–H groups in total. The molecule has 0 saturated heterocycles. The molecule has 0 aliphatic carbocycles. The van der Waals surface area contributed by atoms with Gasteiger partial charge in [-0.1, -0.05) is 0 Å². The minimum Gasteiger partial charge on any atom is -0.355 e. The second-order valence-corrected chi connectivity index (χ2v) is 5.91. The molecule has 0 amide bonds. The van der Waals surface area contributed by atoms with Gasteiger partial charge in [0.05, 0.1) is 22.8 Å². The summed E-state index contributed by atoms with van der Waals surface area (Å²) in [5.74, 6) is 0. The van der Waals surface area contributed by atoms with Crippen molar-refractivity contribution in [3.63, 3.8) is 0 Å². The van der Waals surface area contributed by atoms with Crippen LogP contribution in [0.4, 0.5) is 0 Å². The Kier molecular flexibility index (Phi) is 4.00. The van der Waals surface area contributed by atoms with Gasteiger partial charge in [0, 0.05) is 43.8 Å². The van der Waals surface area contributed by atoms with Gasteiger partial charge in [-0.2, -0.15) is 0 Å². The Balaban J connectivity index is 0.00000157. The molecule has 8 bridgehead atoms. The Hall–Kier alpha value is -2.69. The Morgan fingerprint density at radius 3 is 1.04 bits per heavy atom. The molecular formula is C20H14N4Ti. The fraction of sp³-hybridized carbons (Fsp3) is 0. The van der Waals surface area contributed by atoms with Gasteiger partial charge in [0.1, 0.15) is 0 Å². The fourth-order valence-corrected chi connectivity index (χ4v) is 2.94. The Labute approximate surface area is 159 Å². The number of fused-ring (bicyclic) bond motifs is 8. The van der Waals surface area contributed by atoms with Gasteiger partial charge in [-0.25, -0.2) is 9.97 Å². The first-order chi connectivity index (χ1) is 11.8. The molecule has 0 atom stereocenters. The maximum absolute atomic E-state index is 4.63. The summed E-state index contributed by atoms with van der Waals surface area (Å²) in [5.41, 5.74) is 7.86. The van der Waals surface area contributed by atoms with E-state index in [9.17, 15) is 0 Å². The summed E-state index contributed by atoms with van der Waals surface area (Å²) in [6.07, 6.45) is 8.09. The van der Waals surface area contributed by atoms with E-state index in [0.29, 0.717) is 0 Å². The van der Waals surface area contributed by atoms with Crippen LogP contribution in [0, 0.1) is 0 Å². The quantitative estimate of drug-likeness (QED) is 0.396. The number of hydrogen-bond donors (Lipinski definition) is 2. The minimum absolute atomic E-state index is 0. The van der Waals surface area contributed by atoms with E-state index in [1.807, 2.05) is 48.6 Å². The normalized spacial score (nSPS) is 12.2. The van der Waals surface area contributed by atoms with E-state index in [1.165, 1.54) is 0 Å². The predicted octanol–water partition coefficient (Wildman–Crippen LogP) is 4.65. The van der Waals surface area contributed by atoms with Crippen LogP contribution in [-0.4, -0.2) is 19.9 Å². The fourth-order valence-electron chi connectivity index (χ4n) is 2.94. The number of aromatic amines is 2. The second kappa shape index (κ2) is 6.32. The molecule has 3 aromatic heterocycles. The van der Waals surface area contributed by atoms with Gasteiger partial charge in [0.25, 0.3) is 0 Å². The van der Waals surface area contributed by atoms with Crippen LogP contribution in [0.1, 0.15) is 22.8 Å². The van der Waals surface area contributed by atoms with Crippen molar-refractivity contribution in [3.05, 3.63) is 71.3 Å². The Bertz CT molecular complexity index is 990. The van der Waals surface area contributed by atoms with Gasteiger partial charge in [-0.3, -0.25) is 0 Å². The van der Waals surface area contributed by atoms with E-state index in [4.69, 9.17) is 0 Å². The zero-order valence-electron chi connectivity index (χ0n) is 13.3. The van der Waals surface area contributed by atoms with Crippen LogP contribution in [0.2, 0.25) is 0 Å². The standard InChI is InChI=1S/C20H14N4.Ti/c1-2-14-10-16-5-6-18(23-16)12-20-8-7-19(24-20)11-17-4-3-15(22-17)9-13(1)21-14;/h1-12,21,24H;. The average molecular weight is 358 g/mol. The van der Waals surface area contributed by atoms with Crippen molar-refractivity contribution in [2.75, 3.05) is 0 Å². The predicted molar refractivity (Wildman–Crippen MR) is 98.9 cm³/mol. The van der Waals surface area contributed by atoms with Gasteiger partial charge in [-0.15, -0.1) is 0 Å². The molecule has 2 aliphatic rings. The molecule has 5 heteroatoms. The molecule has 0 unspecified atom stereocenters. The van der Waals surface area contributed by atoms with E-state index >= 15 is 0 Å². The van der Waals surface area contributed by atoms with E-state index in [-0.39, 0.29) is 21.7 Å². The van der Waals surface area contributed by atoms with Crippen molar-refractivity contribution in [3.8, 4) is 0 Å². The molecule has 25 heavy (non-hydrogen) atoms. The molecule has 0 spiro atoms. The third kappa shape index (κ3) is 3.27. The molecule has 2 aliphatic heterocycles. The minimum atomic E-state index is 0. The van der Waals surface area contributed by atoms with Crippen LogP contribution in [0.3, 0.4) is 0 Å². The van der Waals surface area contributed by atoms with Crippen LogP contribution in [0.25, 0.3) is 46.4 Å². The molecule has 4 nitrogen and oxygen atoms in total. The summed E-state index contributed by atoms with van der Waals surface area (Å²) < 4.78 is 0. The van der Waals surface area contributed by atoms with Crippen molar-refractivity contribution in [1.29, 1.82) is 0 Å². The summed E-state index contributed by atoms with van der Waals surface area (Å²) in [5, 5.41) is 0. The van der Waals surface area contributed by atoms with Crippen LogP contribution in [0.15, 0.2) is 48.5 Å². The van der Waals surface area contributed by atoms with Gasteiger partial charge in [0.15, 0.2) is 0 Å². The summed E-state index contributed by atoms with van der Waals surface area (Å²) in [7, 11) is 0. The number of H-pyrrole nitrogens is 2. The van der Waals surface area contributed by atoms with Gasteiger partial charge in [-0.05, 0) is 72.8 Å². The van der Waals surface area contributed by atoms with Crippen molar-refractivity contribution in [2.24, 2.45) is 0 Å². The molecule has 118 valence electrons. The summed E-state index contributed by atoms with van der Waals surface area (Å²) in [6.45, 7) is 0. The SMILES string of the molecule is C1=Cc2cc3ccc(cc4nc(cc5ccc(cc1n2)[nH]5)C=C4)[nH]3.[Ti]. The first kappa shape index (κ1) is 15.8. The van der Waals surface area contributed by atoms with Gasteiger partial charge in [0.2, 0.25) is 0 Å². The number of rotatable bonds is 0. The Morgan fingerprint density at radius 1 is 0.480 bits per heavy atom. The summed E-state index contributed by atoms with van der Waals surface area (Å²) in [6, 6.07) is 16.4. The molecule has 0 saturated carbocycles. The van der Waals surface area contributed by atoms with Crippen LogP contribution < -0.4 is 0 Å². The first-order valence-electron chi connectivity index (χ1n) is 7.85. The maximum atomic E-state index is 4.63. The number of hydrogen-bond acceptors (Lipinski definition) is 2. The molecule has 3 aromatic rings. The second-order valence-electron chi connectivity index (χ2n) is 5.91. The Morgan fingerprint density at radius 2 is 0.760 bits per heavy atom. The monoisotopic (exact) mass is 358 g/mol. The van der Waals surface area contributed by atoms with E-state index in [1.54, 1.807) is 0 Å². The third-order valence-corrected chi connectivity index (χ3v) is 4.04. The van der Waals surface area contributed by atoms with Crippen LogP contribution >= 0.6 is 0 Å². The van der Waals surface area contributed by atoms with E-state index in [0.717, 1.165) is 44.8 Å². The zero-order chi connectivity index (χ0) is 15.9. The maximum Gasteiger partial charge on any atom is 0.0658 e. The van der Waals surface area contributed by atoms with Crippen molar-refractivity contribution in [1.82, 2.24) is 19.9 Å². The largest absolute Gasteiger partial charge is 0.355 e. The molecule has 0 radical (unpaired) electrons. The molecule has 5 rings (SSSR count). The number of nitrogens with one attached hydrogen (secondary N) is 2. The van der Waals surface area contributed by atoms with Crippen molar-refractivity contribution >= 4 is 46.4 Å². The number of nitrogens with zero attached hydrogens (tertiary/aromatic N) is 2. The van der Waals surface area contributed by atoms with Gasteiger partial charge >= 0.3 is 0 Å². The van der Waals surface area contributed by atoms with Crippen LogP contribution in [-0.2, 0) is 21.7 Å². The zero-order valence-corrected chi connectivity index (χ0v) is 14.9. The van der Waals surface area contributed by atoms with E-state index in [2.05, 4.69) is 44.2 Å². The van der Waals surface area contributed by atoms with Crippen molar-refractivity contribution in [2.45, 2.75) is 0 Å². The average Bonchev–Trinajstić information content (AvgIpc) is 3.32. The number of aromatic nitrogens is 4. The van der Waals surface area contributed by atoms with Crippen molar-refractivity contribution < 1.29 is 21.7 Å². The molecule has 5 heterocycles.